The Morgan fingerprint density at radius 2 is 1.89 bits per heavy atom. The molecule has 2 heteroatoms. The van der Waals surface area contributed by atoms with Gasteiger partial charge in [0.15, 0.2) is 0 Å². The molecule has 1 aliphatic rings. The fourth-order valence-electron chi connectivity index (χ4n) is 2.96. The molecule has 2 unspecified atom stereocenters. The Hall–Kier alpha value is -1.02. The van der Waals surface area contributed by atoms with E-state index in [1.165, 1.54) is 16.8 Å². The lowest BCUT2D eigenvalue weighted by Crippen LogP contribution is -2.37. The number of hydrogen-bond acceptors (Lipinski definition) is 2. The molecule has 2 rings (SSSR count). The predicted octanol–water partition coefficient (Wildman–Crippen LogP) is 3.93. The molecule has 1 heterocycles. The Morgan fingerprint density at radius 1 is 1.22 bits per heavy atom. The summed E-state index contributed by atoms with van der Waals surface area (Å²) in [5.41, 5.74) is 4.11. The van der Waals surface area contributed by atoms with E-state index in [0.29, 0.717) is 18.2 Å². The molecule has 0 amide bonds. The maximum Gasteiger partial charge on any atom is 0.0570 e. The van der Waals surface area contributed by atoms with Crippen LogP contribution in [-0.4, -0.2) is 18.2 Å². The van der Waals surface area contributed by atoms with Crippen LogP contribution in [0.3, 0.4) is 0 Å². The van der Waals surface area contributed by atoms with Gasteiger partial charge in [-0.15, -0.1) is 0 Å². The van der Waals surface area contributed by atoms with Crippen LogP contribution >= 0.6 is 0 Å². The maximum absolute atomic E-state index is 5.80. The summed E-state index contributed by atoms with van der Waals surface area (Å²) in [6.45, 7) is 8.74. The van der Waals surface area contributed by atoms with E-state index in [0.717, 1.165) is 19.3 Å². The van der Waals surface area contributed by atoms with Crippen LogP contribution in [0, 0.1) is 6.92 Å². The van der Waals surface area contributed by atoms with Gasteiger partial charge in [-0.2, -0.15) is 0 Å². The maximum atomic E-state index is 5.80. The molecule has 18 heavy (non-hydrogen) atoms. The summed E-state index contributed by atoms with van der Waals surface area (Å²) >= 11 is 0. The van der Waals surface area contributed by atoms with Crippen molar-refractivity contribution in [2.45, 2.75) is 65.2 Å². The number of rotatable bonds is 3. The molecule has 1 N–H and O–H groups in total. The molecule has 2 atom stereocenters. The van der Waals surface area contributed by atoms with Crippen molar-refractivity contribution in [3.8, 4) is 0 Å². The first-order valence-electron chi connectivity index (χ1n) is 7.10. The van der Waals surface area contributed by atoms with Crippen LogP contribution in [0.5, 0.6) is 0 Å². The molecule has 1 aromatic rings. The van der Waals surface area contributed by atoms with E-state index in [1.807, 2.05) is 0 Å². The van der Waals surface area contributed by atoms with E-state index in [2.05, 4.69) is 51.2 Å². The van der Waals surface area contributed by atoms with Gasteiger partial charge in [-0.05, 0) is 51.2 Å². The molecule has 1 fully saturated rings. The van der Waals surface area contributed by atoms with Crippen molar-refractivity contribution in [2.75, 3.05) is 5.32 Å². The van der Waals surface area contributed by atoms with Gasteiger partial charge in [0.2, 0.25) is 0 Å². The van der Waals surface area contributed by atoms with Crippen molar-refractivity contribution >= 4 is 5.69 Å². The van der Waals surface area contributed by atoms with Crippen molar-refractivity contribution < 1.29 is 4.74 Å². The van der Waals surface area contributed by atoms with Crippen LogP contribution in [0.2, 0.25) is 0 Å². The molecule has 100 valence electrons. The molecule has 0 aliphatic carbocycles. The molecule has 0 radical (unpaired) electrons. The minimum Gasteiger partial charge on any atom is -0.382 e. The fraction of sp³-hybridized carbons (Fsp3) is 0.625. The second-order valence-corrected chi connectivity index (χ2v) is 5.53. The zero-order valence-electron chi connectivity index (χ0n) is 12.0. The van der Waals surface area contributed by atoms with Gasteiger partial charge in [-0.3, -0.25) is 0 Å². The minimum atomic E-state index is 0.361. The van der Waals surface area contributed by atoms with Gasteiger partial charge in [0.25, 0.3) is 0 Å². The molecule has 1 aromatic carbocycles. The van der Waals surface area contributed by atoms with Gasteiger partial charge >= 0.3 is 0 Å². The zero-order chi connectivity index (χ0) is 13.1. The Labute approximate surface area is 111 Å². The highest BCUT2D eigenvalue weighted by molar-refractivity contribution is 5.57. The third kappa shape index (κ3) is 3.05. The van der Waals surface area contributed by atoms with Crippen LogP contribution in [0.1, 0.15) is 44.7 Å². The minimum absolute atomic E-state index is 0.361. The third-order valence-corrected chi connectivity index (χ3v) is 3.79. The van der Waals surface area contributed by atoms with Gasteiger partial charge in [-0.1, -0.05) is 25.1 Å². The van der Waals surface area contributed by atoms with Crippen LogP contribution in [0.4, 0.5) is 5.69 Å². The number of nitrogens with one attached hydrogen (secondary N) is 1. The van der Waals surface area contributed by atoms with Crippen molar-refractivity contribution in [2.24, 2.45) is 0 Å². The monoisotopic (exact) mass is 247 g/mol. The molecule has 0 saturated carbocycles. The lowest BCUT2D eigenvalue weighted by Gasteiger charge is -2.34. The Kier molecular flexibility index (Phi) is 4.28. The molecule has 1 aliphatic heterocycles. The molecular formula is C16H25NO. The average Bonchev–Trinajstić information content (AvgIpc) is 2.30. The number of anilines is 1. The first-order chi connectivity index (χ1) is 8.60. The van der Waals surface area contributed by atoms with Gasteiger partial charge < -0.3 is 10.1 Å². The smallest absolute Gasteiger partial charge is 0.0570 e. The van der Waals surface area contributed by atoms with Gasteiger partial charge in [0, 0.05) is 11.7 Å². The summed E-state index contributed by atoms with van der Waals surface area (Å²) in [5.74, 6) is 0. The van der Waals surface area contributed by atoms with Crippen molar-refractivity contribution in [1.82, 2.24) is 0 Å². The number of benzene rings is 1. The van der Waals surface area contributed by atoms with Crippen LogP contribution in [0.25, 0.3) is 0 Å². The summed E-state index contributed by atoms with van der Waals surface area (Å²) in [5, 5.41) is 3.75. The second-order valence-electron chi connectivity index (χ2n) is 5.53. The highest BCUT2D eigenvalue weighted by atomic mass is 16.5. The Bertz CT molecular complexity index is 392. The number of aryl methyl sites for hydroxylation is 2. The van der Waals surface area contributed by atoms with E-state index in [4.69, 9.17) is 4.74 Å². The largest absolute Gasteiger partial charge is 0.382 e. The highest BCUT2D eigenvalue weighted by Crippen LogP contribution is 2.27. The Morgan fingerprint density at radius 3 is 2.50 bits per heavy atom. The van der Waals surface area contributed by atoms with Crippen molar-refractivity contribution in [3.05, 3.63) is 29.3 Å². The number of ether oxygens (including phenoxy) is 1. The zero-order valence-corrected chi connectivity index (χ0v) is 12.0. The summed E-state index contributed by atoms with van der Waals surface area (Å²) in [6, 6.07) is 7.10. The molecule has 1 saturated heterocycles. The van der Waals surface area contributed by atoms with Gasteiger partial charge in [-0.25, -0.2) is 0 Å². The number of para-hydroxylation sites is 1. The molecule has 0 bridgehead atoms. The van der Waals surface area contributed by atoms with Crippen LogP contribution in [0.15, 0.2) is 18.2 Å². The average molecular weight is 247 g/mol. The predicted molar refractivity (Wildman–Crippen MR) is 77.2 cm³/mol. The normalized spacial score (nSPS) is 28.1. The summed E-state index contributed by atoms with van der Waals surface area (Å²) in [6.07, 6.45) is 4.00. The second kappa shape index (κ2) is 5.75. The van der Waals surface area contributed by atoms with Gasteiger partial charge in [0.05, 0.1) is 12.2 Å². The standard InChI is InChI=1S/C16H25NO/c1-5-14-8-6-7-11(2)16(14)17-15-9-12(3)18-13(4)10-15/h6-8,12-13,15,17H,5,9-10H2,1-4H3. The first-order valence-corrected chi connectivity index (χ1v) is 7.10. The van der Waals surface area contributed by atoms with E-state index in [9.17, 15) is 0 Å². The van der Waals surface area contributed by atoms with Crippen molar-refractivity contribution in [1.29, 1.82) is 0 Å². The molecule has 0 spiro atoms. The summed E-state index contributed by atoms with van der Waals surface area (Å²) in [4.78, 5) is 0. The summed E-state index contributed by atoms with van der Waals surface area (Å²) < 4.78 is 5.80. The first kappa shape index (κ1) is 13.4. The quantitative estimate of drug-likeness (QED) is 0.874. The lowest BCUT2D eigenvalue weighted by atomic mass is 9.97. The molecular weight excluding hydrogens is 222 g/mol. The molecule has 0 aromatic heterocycles. The topological polar surface area (TPSA) is 21.3 Å². The highest BCUT2D eigenvalue weighted by Gasteiger charge is 2.24. The number of hydrogen-bond donors (Lipinski definition) is 1. The van der Waals surface area contributed by atoms with Gasteiger partial charge in [0.1, 0.15) is 0 Å². The van der Waals surface area contributed by atoms with Crippen LogP contribution < -0.4 is 5.32 Å². The Balaban J connectivity index is 2.13. The SMILES string of the molecule is CCc1cccc(C)c1NC1CC(C)OC(C)C1. The third-order valence-electron chi connectivity index (χ3n) is 3.79. The van der Waals surface area contributed by atoms with E-state index in [-0.39, 0.29) is 0 Å². The van der Waals surface area contributed by atoms with E-state index >= 15 is 0 Å². The summed E-state index contributed by atoms with van der Waals surface area (Å²) in [7, 11) is 0. The lowest BCUT2D eigenvalue weighted by molar-refractivity contribution is -0.0337. The van der Waals surface area contributed by atoms with Crippen LogP contribution in [-0.2, 0) is 11.2 Å². The van der Waals surface area contributed by atoms with E-state index in [1.54, 1.807) is 0 Å². The molecule has 2 nitrogen and oxygen atoms in total. The fourth-order valence-corrected chi connectivity index (χ4v) is 2.96. The van der Waals surface area contributed by atoms with E-state index < -0.39 is 0 Å². The van der Waals surface area contributed by atoms with Crippen molar-refractivity contribution in [3.63, 3.8) is 0 Å².